The van der Waals surface area contributed by atoms with Gasteiger partial charge in [-0.15, -0.1) is 0 Å². The maximum Gasteiger partial charge on any atom is 0.262 e. The number of nitrogens with one attached hydrogen (secondary N) is 2. The number of rotatable bonds is 5. The molecule has 4 rings (SSSR count). The minimum Gasteiger partial charge on any atom is -0.454 e. The van der Waals surface area contributed by atoms with E-state index in [9.17, 15) is 18.0 Å². The van der Waals surface area contributed by atoms with Gasteiger partial charge in [0.2, 0.25) is 5.91 Å². The van der Waals surface area contributed by atoms with Gasteiger partial charge in [0.25, 0.3) is 15.9 Å². The molecule has 0 spiro atoms. The van der Waals surface area contributed by atoms with Crippen LogP contribution in [0.1, 0.15) is 29.8 Å². The highest BCUT2D eigenvalue weighted by molar-refractivity contribution is 7.92. The Balaban J connectivity index is 1.67. The van der Waals surface area contributed by atoms with Crippen molar-refractivity contribution in [1.29, 1.82) is 0 Å². The van der Waals surface area contributed by atoms with Crippen LogP contribution >= 0.6 is 0 Å². The third kappa shape index (κ3) is 4.40. The van der Waals surface area contributed by atoms with Crippen LogP contribution in [0.4, 0.5) is 17.1 Å². The molecule has 0 unspecified atom stereocenters. The van der Waals surface area contributed by atoms with Crippen molar-refractivity contribution in [2.24, 2.45) is 0 Å². The van der Waals surface area contributed by atoms with Crippen molar-refractivity contribution in [2.75, 3.05) is 21.5 Å². The number of benzene rings is 3. The Morgan fingerprint density at radius 2 is 1.73 bits per heavy atom. The Hall–Kier alpha value is -3.85. The lowest BCUT2D eigenvalue weighted by Crippen LogP contribution is -2.29. The van der Waals surface area contributed by atoms with Gasteiger partial charge in [-0.05, 0) is 67.9 Å². The fourth-order valence-electron chi connectivity index (χ4n) is 3.75. The smallest absolute Gasteiger partial charge is 0.262 e. The molecule has 1 aliphatic rings. The molecule has 0 saturated heterocycles. The minimum atomic E-state index is -3.94. The van der Waals surface area contributed by atoms with E-state index in [0.717, 1.165) is 0 Å². The molecule has 33 heavy (non-hydrogen) atoms. The van der Waals surface area contributed by atoms with Crippen LogP contribution < -0.4 is 19.7 Å². The summed E-state index contributed by atoms with van der Waals surface area (Å²) in [6.07, 6.45) is 0. The van der Waals surface area contributed by atoms with Gasteiger partial charge in [-0.25, -0.2) is 8.42 Å². The topological polar surface area (TPSA) is 105 Å². The molecule has 9 heteroatoms. The van der Waals surface area contributed by atoms with Gasteiger partial charge in [-0.2, -0.15) is 0 Å². The zero-order chi connectivity index (χ0) is 23.8. The summed E-state index contributed by atoms with van der Waals surface area (Å²) in [5.41, 5.74) is 2.11. The molecule has 3 aromatic carbocycles. The molecule has 0 aliphatic carbocycles. The first-order valence-electron chi connectivity index (χ1n) is 10.3. The number of sulfonamides is 1. The number of carbonyl (C=O) groups excluding carboxylic acids is 2. The molecule has 170 valence electrons. The van der Waals surface area contributed by atoms with E-state index in [2.05, 4.69) is 10.0 Å². The predicted molar refractivity (Wildman–Crippen MR) is 127 cm³/mol. The van der Waals surface area contributed by atoms with Crippen molar-refractivity contribution in [3.8, 4) is 11.5 Å². The second-order valence-corrected chi connectivity index (χ2v) is 9.25. The highest BCUT2D eigenvalue weighted by atomic mass is 32.2. The second kappa shape index (κ2) is 8.59. The van der Waals surface area contributed by atoms with Crippen LogP contribution in [0.15, 0.2) is 65.6 Å². The van der Waals surface area contributed by atoms with Crippen molar-refractivity contribution in [3.05, 3.63) is 71.8 Å². The molecule has 1 aliphatic heterocycles. The van der Waals surface area contributed by atoms with E-state index >= 15 is 0 Å². The molecule has 2 N–H and O–H groups in total. The van der Waals surface area contributed by atoms with Gasteiger partial charge < -0.3 is 15.0 Å². The summed E-state index contributed by atoms with van der Waals surface area (Å²) in [5, 5.41) is 2.63. The number of fused-ring (bicyclic) bond motifs is 2. The largest absolute Gasteiger partial charge is 0.454 e. The van der Waals surface area contributed by atoms with Crippen molar-refractivity contribution in [3.63, 3.8) is 0 Å². The van der Waals surface area contributed by atoms with E-state index in [-0.39, 0.29) is 28.0 Å². The fourth-order valence-corrected chi connectivity index (χ4v) is 5.02. The quantitative estimate of drug-likeness (QED) is 0.576. The van der Waals surface area contributed by atoms with Gasteiger partial charge in [0, 0.05) is 24.8 Å². The lowest BCUT2D eigenvalue weighted by atomic mass is 10.1. The molecule has 0 atom stereocenters. The predicted octanol–water partition coefficient (Wildman–Crippen LogP) is 4.53. The highest BCUT2D eigenvalue weighted by Crippen LogP contribution is 2.39. The average Bonchev–Trinajstić information content (AvgIpc) is 2.86. The van der Waals surface area contributed by atoms with Crippen molar-refractivity contribution in [1.82, 2.24) is 0 Å². The average molecular weight is 466 g/mol. The van der Waals surface area contributed by atoms with Crippen molar-refractivity contribution in [2.45, 2.75) is 25.7 Å². The summed E-state index contributed by atoms with van der Waals surface area (Å²) in [4.78, 5) is 26.1. The van der Waals surface area contributed by atoms with Gasteiger partial charge in [-0.1, -0.05) is 12.1 Å². The number of hydrogen-bond acceptors (Lipinski definition) is 5. The number of ether oxygens (including phenoxy) is 1. The molecule has 3 aromatic rings. The normalized spacial score (nSPS) is 12.8. The van der Waals surface area contributed by atoms with Crippen LogP contribution in [-0.4, -0.2) is 26.8 Å². The number of hydrogen-bond donors (Lipinski definition) is 2. The molecule has 0 radical (unpaired) electrons. The molecule has 2 amide bonds. The molecule has 0 fully saturated rings. The maximum atomic E-state index is 13.2. The maximum absolute atomic E-state index is 13.2. The first kappa shape index (κ1) is 22.3. The van der Waals surface area contributed by atoms with Crippen molar-refractivity contribution < 1.29 is 22.7 Å². The van der Waals surface area contributed by atoms with Crippen LogP contribution in [-0.2, 0) is 14.8 Å². The second-order valence-electron chi connectivity index (χ2n) is 7.60. The third-order valence-corrected chi connectivity index (χ3v) is 6.73. The summed E-state index contributed by atoms with van der Waals surface area (Å²) in [6, 6.07) is 16.4. The molecule has 8 nitrogen and oxygen atoms in total. The number of para-hydroxylation sites is 2. The van der Waals surface area contributed by atoms with Crippen LogP contribution in [0.2, 0.25) is 0 Å². The van der Waals surface area contributed by atoms with Crippen LogP contribution in [0.5, 0.6) is 11.5 Å². The number of aryl methyl sites for hydroxylation is 1. The van der Waals surface area contributed by atoms with Crippen LogP contribution in [0.3, 0.4) is 0 Å². The Bertz CT molecular complexity index is 1370. The summed E-state index contributed by atoms with van der Waals surface area (Å²) in [5.74, 6) is 0.370. The number of carbonyl (C=O) groups is 2. The number of nitrogens with zero attached hydrogens (tertiary/aromatic N) is 1. The van der Waals surface area contributed by atoms with E-state index < -0.39 is 10.0 Å². The SMILES string of the molecule is CCN1C(=O)c2cc(NS(=O)(=O)c3ccc(NC(C)=O)cc3C)ccc2Oc2ccccc21. The molecular formula is C24H23N3O5S. The van der Waals surface area contributed by atoms with E-state index in [4.69, 9.17) is 4.74 Å². The summed E-state index contributed by atoms with van der Waals surface area (Å²) in [7, 11) is -3.94. The lowest BCUT2D eigenvalue weighted by Gasteiger charge is -2.20. The summed E-state index contributed by atoms with van der Waals surface area (Å²) >= 11 is 0. The van der Waals surface area contributed by atoms with Gasteiger partial charge in [0.1, 0.15) is 5.75 Å². The van der Waals surface area contributed by atoms with E-state index in [1.54, 1.807) is 42.2 Å². The Kier molecular flexibility index (Phi) is 5.82. The van der Waals surface area contributed by atoms with E-state index in [0.29, 0.717) is 35.0 Å². The lowest BCUT2D eigenvalue weighted by molar-refractivity contribution is -0.114. The van der Waals surface area contributed by atoms with Crippen LogP contribution in [0, 0.1) is 6.92 Å². The molecule has 1 heterocycles. The van der Waals surface area contributed by atoms with Gasteiger partial charge in [-0.3, -0.25) is 14.3 Å². The summed E-state index contributed by atoms with van der Waals surface area (Å²) < 4.78 is 34.6. The zero-order valence-corrected chi connectivity index (χ0v) is 19.2. The third-order valence-electron chi connectivity index (χ3n) is 5.18. The van der Waals surface area contributed by atoms with Crippen molar-refractivity contribution >= 4 is 38.9 Å². The summed E-state index contributed by atoms with van der Waals surface area (Å²) in [6.45, 7) is 5.31. The highest BCUT2D eigenvalue weighted by Gasteiger charge is 2.28. The molecular weight excluding hydrogens is 442 g/mol. The molecule has 0 bridgehead atoms. The molecule has 0 aromatic heterocycles. The monoisotopic (exact) mass is 465 g/mol. The van der Waals surface area contributed by atoms with E-state index in [1.165, 1.54) is 25.1 Å². The standard InChI is InChI=1S/C24H23N3O5S/c1-4-27-20-7-5-6-8-22(20)32-21-11-9-18(14-19(21)24(27)29)26-33(30,31)23-12-10-17(13-15(23)2)25-16(3)28/h5-14,26H,4H2,1-3H3,(H,25,28). The van der Waals surface area contributed by atoms with Gasteiger partial charge in [0.15, 0.2) is 5.75 Å². The Labute approximate surface area is 192 Å². The Morgan fingerprint density at radius 3 is 2.42 bits per heavy atom. The molecule has 0 saturated carbocycles. The van der Waals surface area contributed by atoms with E-state index in [1.807, 2.05) is 19.1 Å². The Morgan fingerprint density at radius 1 is 1.00 bits per heavy atom. The van der Waals surface area contributed by atoms with Crippen LogP contribution in [0.25, 0.3) is 0 Å². The van der Waals surface area contributed by atoms with Gasteiger partial charge >= 0.3 is 0 Å². The van der Waals surface area contributed by atoms with Gasteiger partial charge in [0.05, 0.1) is 16.1 Å². The zero-order valence-electron chi connectivity index (χ0n) is 18.4. The fraction of sp³-hybridized carbons (Fsp3) is 0.167. The number of amides is 2. The first-order valence-corrected chi connectivity index (χ1v) is 11.8. The minimum absolute atomic E-state index is 0.0664. The first-order chi connectivity index (χ1) is 15.7. The number of anilines is 3.